The van der Waals surface area contributed by atoms with Crippen LogP contribution in [0.2, 0.25) is 18.1 Å². The number of aromatic nitrogens is 4. The van der Waals surface area contributed by atoms with Crippen molar-refractivity contribution in [3.63, 3.8) is 0 Å². The summed E-state index contributed by atoms with van der Waals surface area (Å²) < 4.78 is 38.3. The van der Waals surface area contributed by atoms with Crippen molar-refractivity contribution in [3.8, 4) is 0 Å². The quantitative estimate of drug-likeness (QED) is 0.346. The summed E-state index contributed by atoms with van der Waals surface area (Å²) in [6.07, 6.45) is -1.13. The number of imidazole rings is 1. The molecule has 0 amide bonds. The third-order valence-corrected chi connectivity index (χ3v) is 12.4. The second-order valence-electron chi connectivity index (χ2n) is 8.89. The van der Waals surface area contributed by atoms with Crippen molar-refractivity contribution in [2.24, 2.45) is 0 Å². The Morgan fingerprint density at radius 2 is 2.10 bits per heavy atom. The fourth-order valence-corrected chi connectivity index (χ4v) is 6.49. The van der Waals surface area contributed by atoms with E-state index in [1.54, 1.807) is 4.57 Å². The highest BCUT2D eigenvalue weighted by Crippen LogP contribution is 2.60. The summed E-state index contributed by atoms with van der Waals surface area (Å²) in [5, 5.41) is -0.0771. The van der Waals surface area contributed by atoms with Gasteiger partial charge in [0.25, 0.3) is 0 Å². The fraction of sp³-hybridized carbons (Fsp3) is 0.688. The average molecular weight is 541 g/mol. The first kappa shape index (κ1) is 22.6. The Hall–Kier alpha value is -0.593. The van der Waals surface area contributed by atoms with Gasteiger partial charge in [0.1, 0.15) is 24.6 Å². The molecule has 0 aliphatic carbocycles. The molecule has 0 saturated carbocycles. The number of anilines is 1. The first-order valence-corrected chi connectivity index (χ1v) is 15.6. The molecular weight excluding hydrogens is 517 g/mol. The molecule has 2 saturated heterocycles. The Morgan fingerprint density at radius 3 is 2.77 bits per heavy atom. The fourth-order valence-electron chi connectivity index (χ4n) is 3.28. The van der Waals surface area contributed by atoms with E-state index in [4.69, 9.17) is 35.2 Å². The molecule has 2 aromatic heterocycles. The largest absolute Gasteiger partial charge is 0.424 e. The van der Waals surface area contributed by atoms with E-state index in [2.05, 4.69) is 64.7 Å². The zero-order valence-corrected chi connectivity index (χ0v) is 21.4. The maximum atomic E-state index is 12.4. The molecule has 0 spiro atoms. The molecule has 0 radical (unpaired) electrons. The zero-order valence-electron chi connectivity index (χ0n) is 17.2. The standard InChI is InChI=1S/C16H24BrClN5O5PSi/c1-16(2,3)30(4,5)28-11-10-8(6-25-29(18,24)27-10)26-14(11)23-13-9(22-15(23)17)12(19)20-7-21-13/h7-8,10-11,14H,6H2,1-5H3,(H2,19,20,21)/t8?,10-,11+,14?,29+/m1/s1. The van der Waals surface area contributed by atoms with E-state index in [0.29, 0.717) is 15.9 Å². The van der Waals surface area contributed by atoms with E-state index < -0.39 is 39.8 Å². The van der Waals surface area contributed by atoms with Crippen LogP contribution in [0.3, 0.4) is 0 Å². The van der Waals surface area contributed by atoms with Gasteiger partial charge in [0.15, 0.2) is 36.3 Å². The van der Waals surface area contributed by atoms with Crippen molar-refractivity contribution >= 4 is 59.4 Å². The Morgan fingerprint density at radius 1 is 1.40 bits per heavy atom. The van der Waals surface area contributed by atoms with E-state index in [1.165, 1.54) is 6.33 Å². The second kappa shape index (κ2) is 7.48. The van der Waals surface area contributed by atoms with Gasteiger partial charge in [0.2, 0.25) is 0 Å². The van der Waals surface area contributed by atoms with Crippen molar-refractivity contribution in [1.82, 2.24) is 19.5 Å². The van der Waals surface area contributed by atoms with E-state index in [9.17, 15) is 4.57 Å². The minimum atomic E-state index is -3.73. The molecular formula is C16H24BrClN5O5PSi. The number of halogens is 2. The lowest BCUT2D eigenvalue weighted by Crippen LogP contribution is -2.50. The predicted molar refractivity (Wildman–Crippen MR) is 118 cm³/mol. The van der Waals surface area contributed by atoms with Crippen molar-refractivity contribution in [2.45, 2.75) is 63.4 Å². The SMILES string of the molecule is CC(C)(C)[Si](C)(C)O[C@@H]1C(n2c(Br)nc3c(N)ncnc32)OC2CO[P@@](=O)(Cl)O[C@H]21. The maximum absolute atomic E-state index is 12.4. The summed E-state index contributed by atoms with van der Waals surface area (Å²) >= 11 is 9.40. The normalized spacial score (nSPS) is 32.5. The molecule has 10 nitrogen and oxygen atoms in total. The summed E-state index contributed by atoms with van der Waals surface area (Å²) in [6.45, 7) is 6.95. The zero-order chi connectivity index (χ0) is 22.1. The summed E-state index contributed by atoms with van der Waals surface area (Å²) in [5.74, 6) is 0.251. The van der Waals surface area contributed by atoms with Gasteiger partial charge >= 0.3 is 6.95 Å². The lowest BCUT2D eigenvalue weighted by molar-refractivity contribution is -0.0567. The molecule has 166 valence electrons. The van der Waals surface area contributed by atoms with E-state index in [-0.39, 0.29) is 17.5 Å². The number of hydrogen-bond acceptors (Lipinski definition) is 9. The van der Waals surface area contributed by atoms with Gasteiger partial charge in [-0.25, -0.2) is 19.5 Å². The number of fused-ring (bicyclic) bond motifs is 2. The second-order valence-corrected chi connectivity index (χ2v) is 16.9. The molecule has 4 rings (SSSR count). The monoisotopic (exact) mass is 539 g/mol. The number of ether oxygens (including phenoxy) is 1. The van der Waals surface area contributed by atoms with E-state index in [1.807, 2.05) is 0 Å². The maximum Gasteiger partial charge on any atom is 0.424 e. The van der Waals surface area contributed by atoms with Gasteiger partial charge in [-0.05, 0) is 34.1 Å². The van der Waals surface area contributed by atoms with Crippen molar-refractivity contribution in [2.75, 3.05) is 12.3 Å². The van der Waals surface area contributed by atoms with Crippen LogP contribution in [0.15, 0.2) is 11.1 Å². The highest BCUT2D eigenvalue weighted by molar-refractivity contribution is 9.10. The average Bonchev–Trinajstić information content (AvgIpc) is 3.11. The molecule has 2 N–H and O–H groups in total. The van der Waals surface area contributed by atoms with Crippen LogP contribution >= 0.6 is 34.1 Å². The van der Waals surface area contributed by atoms with Gasteiger partial charge in [-0.15, -0.1) is 0 Å². The topological polar surface area (TPSA) is 124 Å². The van der Waals surface area contributed by atoms with E-state index >= 15 is 0 Å². The summed E-state index contributed by atoms with van der Waals surface area (Å²) in [5.41, 5.74) is 6.89. The summed E-state index contributed by atoms with van der Waals surface area (Å²) in [7, 11) is -2.28. The molecule has 2 aromatic rings. The Labute approximate surface area is 188 Å². The van der Waals surface area contributed by atoms with Gasteiger partial charge < -0.3 is 14.9 Å². The van der Waals surface area contributed by atoms with Crippen LogP contribution in [0.1, 0.15) is 27.0 Å². The third kappa shape index (κ3) is 3.86. The van der Waals surface area contributed by atoms with Crippen LogP contribution in [-0.2, 0) is 22.8 Å². The Bertz CT molecular complexity index is 1030. The van der Waals surface area contributed by atoms with E-state index in [0.717, 1.165) is 0 Å². The lowest BCUT2D eigenvalue weighted by atomic mass is 10.1. The van der Waals surface area contributed by atoms with Crippen molar-refractivity contribution in [3.05, 3.63) is 11.1 Å². The van der Waals surface area contributed by atoms with Gasteiger partial charge in [-0.3, -0.25) is 13.6 Å². The van der Waals surface area contributed by atoms with Crippen LogP contribution in [0.4, 0.5) is 5.82 Å². The first-order valence-electron chi connectivity index (χ1n) is 9.40. The highest BCUT2D eigenvalue weighted by Gasteiger charge is 2.56. The molecule has 2 aliphatic rings. The molecule has 2 unspecified atom stereocenters. The number of rotatable bonds is 3. The Balaban J connectivity index is 1.81. The van der Waals surface area contributed by atoms with Crippen LogP contribution in [-0.4, -0.2) is 52.8 Å². The lowest BCUT2D eigenvalue weighted by Gasteiger charge is -2.41. The van der Waals surface area contributed by atoms with Gasteiger partial charge in [-0.1, -0.05) is 20.8 Å². The number of nitrogen functional groups attached to an aromatic ring is 1. The van der Waals surface area contributed by atoms with Crippen LogP contribution in [0.25, 0.3) is 11.2 Å². The number of nitrogens with zero attached hydrogens (tertiary/aromatic N) is 4. The number of hydrogen-bond donors (Lipinski definition) is 1. The molecule has 2 aliphatic heterocycles. The smallest absolute Gasteiger partial charge is 0.407 e. The molecule has 4 heterocycles. The predicted octanol–water partition coefficient (Wildman–Crippen LogP) is 4.22. The van der Waals surface area contributed by atoms with Crippen molar-refractivity contribution in [1.29, 1.82) is 0 Å². The summed E-state index contributed by atoms with van der Waals surface area (Å²) in [4.78, 5) is 12.8. The minimum absolute atomic E-state index is 0.0285. The molecule has 0 aromatic carbocycles. The number of nitrogens with two attached hydrogens (primary N) is 1. The molecule has 2 fully saturated rings. The molecule has 30 heavy (non-hydrogen) atoms. The van der Waals surface area contributed by atoms with Crippen LogP contribution < -0.4 is 5.73 Å². The van der Waals surface area contributed by atoms with Gasteiger partial charge in [0.05, 0.1) is 6.61 Å². The highest BCUT2D eigenvalue weighted by atomic mass is 79.9. The van der Waals surface area contributed by atoms with Gasteiger partial charge in [-0.2, -0.15) is 0 Å². The summed E-state index contributed by atoms with van der Waals surface area (Å²) in [6, 6.07) is 0. The molecule has 14 heteroatoms. The third-order valence-electron chi connectivity index (χ3n) is 5.88. The van der Waals surface area contributed by atoms with Crippen molar-refractivity contribution < 1.29 is 22.8 Å². The minimum Gasteiger partial charge on any atom is -0.407 e. The molecule has 5 atom stereocenters. The van der Waals surface area contributed by atoms with Crippen LogP contribution in [0, 0.1) is 0 Å². The Kier molecular flexibility index (Phi) is 5.63. The van der Waals surface area contributed by atoms with Gasteiger partial charge in [0, 0.05) is 11.2 Å². The first-order chi connectivity index (χ1) is 13.8. The molecule has 0 bridgehead atoms. The van der Waals surface area contributed by atoms with Crippen LogP contribution in [0.5, 0.6) is 0 Å².